The first kappa shape index (κ1) is 12.2. The summed E-state index contributed by atoms with van der Waals surface area (Å²) in [5.74, 6) is 0. The zero-order valence-corrected chi connectivity index (χ0v) is 11.4. The van der Waals surface area contributed by atoms with Gasteiger partial charge in [0.15, 0.2) is 0 Å². The van der Waals surface area contributed by atoms with Gasteiger partial charge < -0.3 is 0 Å². The zero-order valence-electron chi connectivity index (χ0n) is 11.4. The van der Waals surface area contributed by atoms with Crippen molar-refractivity contribution in [2.45, 2.75) is 0 Å². The quantitative estimate of drug-likeness (QED) is 0.478. The summed E-state index contributed by atoms with van der Waals surface area (Å²) in [7, 11) is 0. The number of rotatable bonds is 5. The molecule has 0 aromatic carbocycles. The molecule has 0 atom stereocenters. The topological polar surface area (TPSA) is 77.8 Å². The maximum atomic E-state index is 4.11. The first-order valence-electron chi connectivity index (χ1n) is 6.46. The number of hydrazine groups is 1. The van der Waals surface area contributed by atoms with Gasteiger partial charge in [-0.25, -0.2) is 38.6 Å². The van der Waals surface area contributed by atoms with Crippen LogP contribution in [0.2, 0.25) is 0 Å². The van der Waals surface area contributed by atoms with Gasteiger partial charge in [0.2, 0.25) is 0 Å². The van der Waals surface area contributed by atoms with Crippen LogP contribution in [-0.4, -0.2) is 38.6 Å². The smallest absolute Gasteiger partial charge is 0.118 e. The summed E-state index contributed by atoms with van der Waals surface area (Å²) in [5, 5.41) is 3.59. The normalized spacial score (nSPS) is 10.7. The van der Waals surface area contributed by atoms with Crippen molar-refractivity contribution in [3.05, 3.63) is 74.9 Å². The highest BCUT2D eigenvalue weighted by atomic mass is 16.1. The second-order valence-corrected chi connectivity index (χ2v) is 4.31. The Bertz CT molecular complexity index is 645. The van der Waals surface area contributed by atoms with Crippen molar-refractivity contribution in [2.75, 3.05) is 10.5 Å². The molecule has 0 aliphatic carbocycles. The molecule has 0 N–H and O–H groups in total. The van der Waals surface area contributed by atoms with Crippen molar-refractivity contribution in [3.8, 4) is 0 Å². The van der Waals surface area contributed by atoms with Crippen LogP contribution in [0.25, 0.3) is 0 Å². The third kappa shape index (κ3) is 1.98. The van der Waals surface area contributed by atoms with E-state index in [9.17, 15) is 0 Å². The van der Waals surface area contributed by atoms with Crippen LogP contribution in [-0.2, 0) is 0 Å². The van der Waals surface area contributed by atoms with Crippen molar-refractivity contribution in [1.29, 1.82) is 0 Å². The van der Waals surface area contributed by atoms with Crippen LogP contribution < -0.4 is 10.5 Å². The van der Waals surface area contributed by atoms with E-state index in [1.54, 1.807) is 79.3 Å². The summed E-state index contributed by atoms with van der Waals surface area (Å²) in [6.45, 7) is 0. The third-order valence-electron chi connectivity index (χ3n) is 2.95. The summed E-state index contributed by atoms with van der Waals surface area (Å²) >= 11 is 0. The molecule has 4 aromatic rings. The van der Waals surface area contributed by atoms with Crippen LogP contribution >= 0.6 is 0 Å². The van der Waals surface area contributed by atoms with Gasteiger partial charge in [0, 0.05) is 24.8 Å². The lowest BCUT2D eigenvalue weighted by molar-refractivity contribution is 0.356. The highest BCUT2D eigenvalue weighted by Gasteiger charge is 2.20. The Balaban J connectivity index is 1.88. The van der Waals surface area contributed by atoms with Gasteiger partial charge in [-0.15, -0.1) is 0 Å². The molecule has 0 unspecified atom stereocenters. The van der Waals surface area contributed by atoms with Gasteiger partial charge in [0.1, 0.15) is 25.3 Å². The van der Waals surface area contributed by atoms with Crippen molar-refractivity contribution in [2.24, 2.45) is 0 Å². The molecule has 4 aromatic heterocycles. The molecule has 0 spiro atoms. The van der Waals surface area contributed by atoms with E-state index in [1.807, 2.05) is 24.8 Å². The Labute approximate surface area is 125 Å². The number of aromatic nitrogens is 8. The number of hydrogen-bond donors (Lipinski definition) is 0. The summed E-state index contributed by atoms with van der Waals surface area (Å²) in [6, 6.07) is 0. The summed E-state index contributed by atoms with van der Waals surface area (Å²) in [6.07, 6.45) is 20.8. The van der Waals surface area contributed by atoms with Gasteiger partial charge in [-0.05, 0) is 0 Å². The standard InChI is InChI=1S/C12H12N10/c1-5-17(9-13-1)21(18-6-2-14-10-18)22(19-7-3-15-11-19)20-8-4-16-12-20/h1-12H. The Morgan fingerprint density at radius 2 is 0.727 bits per heavy atom. The van der Waals surface area contributed by atoms with Crippen molar-refractivity contribution >= 4 is 0 Å². The Hall–Kier alpha value is -3.56. The van der Waals surface area contributed by atoms with Gasteiger partial charge >= 0.3 is 0 Å². The van der Waals surface area contributed by atoms with Crippen LogP contribution in [0, 0.1) is 0 Å². The molecule has 0 bridgehead atoms. The maximum Gasteiger partial charge on any atom is 0.118 e. The molecule has 0 aliphatic heterocycles. The average Bonchev–Trinajstić information content (AvgIpc) is 3.35. The molecule has 0 fully saturated rings. The molecule has 4 heterocycles. The minimum absolute atomic E-state index is 1.68. The van der Waals surface area contributed by atoms with Crippen LogP contribution in [0.5, 0.6) is 0 Å². The largest absolute Gasteiger partial charge is 0.243 e. The van der Waals surface area contributed by atoms with E-state index >= 15 is 0 Å². The predicted molar refractivity (Wildman–Crippen MR) is 76.1 cm³/mol. The fourth-order valence-corrected chi connectivity index (χ4v) is 2.04. The first-order valence-corrected chi connectivity index (χ1v) is 6.46. The SMILES string of the molecule is c1cn(N(N(n2ccnc2)n2ccnc2)n2ccnc2)cn1. The highest BCUT2D eigenvalue weighted by Crippen LogP contribution is 2.04. The molecular formula is C12H12N10. The Morgan fingerprint density at radius 1 is 0.455 bits per heavy atom. The van der Waals surface area contributed by atoms with Crippen molar-refractivity contribution in [1.82, 2.24) is 38.6 Å². The Morgan fingerprint density at radius 3 is 0.909 bits per heavy atom. The third-order valence-corrected chi connectivity index (χ3v) is 2.95. The summed E-state index contributed by atoms with van der Waals surface area (Å²) < 4.78 is 7.17. The molecule has 0 radical (unpaired) electrons. The van der Waals surface area contributed by atoms with Crippen molar-refractivity contribution in [3.63, 3.8) is 0 Å². The molecule has 0 saturated heterocycles. The molecule has 0 aliphatic rings. The molecule has 10 heteroatoms. The molecular weight excluding hydrogens is 284 g/mol. The first-order chi connectivity index (χ1) is 10.9. The minimum Gasteiger partial charge on any atom is -0.243 e. The molecule has 4 rings (SSSR count). The van der Waals surface area contributed by atoms with Gasteiger partial charge in [-0.3, -0.25) is 0 Å². The van der Waals surface area contributed by atoms with Crippen LogP contribution in [0.3, 0.4) is 0 Å². The fraction of sp³-hybridized carbons (Fsp3) is 0. The molecule has 22 heavy (non-hydrogen) atoms. The molecule has 0 saturated carbocycles. The monoisotopic (exact) mass is 296 g/mol. The van der Waals surface area contributed by atoms with E-state index in [2.05, 4.69) is 19.9 Å². The fourth-order valence-electron chi connectivity index (χ4n) is 2.04. The van der Waals surface area contributed by atoms with Gasteiger partial charge in [-0.1, -0.05) is 10.5 Å². The van der Waals surface area contributed by atoms with E-state index in [-0.39, 0.29) is 0 Å². The van der Waals surface area contributed by atoms with Crippen LogP contribution in [0.4, 0.5) is 0 Å². The van der Waals surface area contributed by atoms with Gasteiger partial charge in [0.05, 0.1) is 24.8 Å². The molecule has 10 nitrogen and oxygen atoms in total. The van der Waals surface area contributed by atoms with Gasteiger partial charge in [0.25, 0.3) is 0 Å². The molecule has 110 valence electrons. The predicted octanol–water partition coefficient (Wildman–Crippen LogP) is -0.110. The van der Waals surface area contributed by atoms with E-state index in [0.29, 0.717) is 0 Å². The molecule has 0 amide bonds. The minimum atomic E-state index is 1.68. The maximum absolute atomic E-state index is 4.11. The van der Waals surface area contributed by atoms with Crippen LogP contribution in [0.1, 0.15) is 0 Å². The number of imidazole rings is 4. The van der Waals surface area contributed by atoms with Crippen molar-refractivity contribution < 1.29 is 0 Å². The lowest BCUT2D eigenvalue weighted by Gasteiger charge is -2.36. The number of hydrogen-bond acceptors (Lipinski definition) is 6. The highest BCUT2D eigenvalue weighted by molar-refractivity contribution is 5.03. The summed E-state index contributed by atoms with van der Waals surface area (Å²) in [4.78, 5) is 16.4. The summed E-state index contributed by atoms with van der Waals surface area (Å²) in [5.41, 5.74) is 0. The average molecular weight is 296 g/mol. The lowest BCUT2D eigenvalue weighted by Crippen LogP contribution is -2.59. The van der Waals surface area contributed by atoms with E-state index < -0.39 is 0 Å². The lowest BCUT2D eigenvalue weighted by atomic mass is 10.9. The van der Waals surface area contributed by atoms with Gasteiger partial charge in [-0.2, -0.15) is 0 Å². The van der Waals surface area contributed by atoms with E-state index in [0.717, 1.165) is 0 Å². The van der Waals surface area contributed by atoms with E-state index in [1.165, 1.54) is 0 Å². The Kier molecular flexibility index (Phi) is 2.82. The van der Waals surface area contributed by atoms with E-state index in [4.69, 9.17) is 0 Å². The zero-order chi connectivity index (χ0) is 14.8. The number of nitrogens with zero attached hydrogens (tertiary/aromatic N) is 10. The van der Waals surface area contributed by atoms with Crippen LogP contribution in [0.15, 0.2) is 74.9 Å². The second-order valence-electron chi connectivity index (χ2n) is 4.31. The second kappa shape index (κ2) is 5.09.